The number of piperazine rings is 1. The van der Waals surface area contributed by atoms with E-state index in [4.69, 9.17) is 4.74 Å². The number of hydrogen-bond acceptors (Lipinski definition) is 6. The maximum Gasteiger partial charge on any atom is 0.255 e. The van der Waals surface area contributed by atoms with Gasteiger partial charge in [0.15, 0.2) is 0 Å². The number of rotatable bonds is 1. The van der Waals surface area contributed by atoms with Crippen molar-refractivity contribution in [2.24, 2.45) is 0 Å². The molecule has 8 nitrogen and oxygen atoms in total. The fraction of sp³-hybridized carbons (Fsp3) is 0.500. The van der Waals surface area contributed by atoms with Crippen LogP contribution in [0, 0.1) is 0 Å². The highest BCUT2D eigenvalue weighted by Gasteiger charge is 2.42. The molecular formula is C18H21ClN4O4. The lowest BCUT2D eigenvalue weighted by atomic mass is 10.0. The predicted octanol–water partition coefficient (Wildman–Crippen LogP) is 0.0400. The van der Waals surface area contributed by atoms with Gasteiger partial charge in [0.25, 0.3) is 5.91 Å². The van der Waals surface area contributed by atoms with E-state index in [0.717, 1.165) is 36.6 Å². The minimum Gasteiger partial charge on any atom is -0.489 e. The molecule has 0 aromatic heterocycles. The predicted molar refractivity (Wildman–Crippen MR) is 99.2 cm³/mol. The van der Waals surface area contributed by atoms with Gasteiger partial charge in [-0.1, -0.05) is 0 Å². The van der Waals surface area contributed by atoms with Crippen molar-refractivity contribution in [1.82, 2.24) is 15.5 Å². The number of nitrogens with zero attached hydrogens (tertiary/aromatic N) is 2. The van der Waals surface area contributed by atoms with Crippen LogP contribution in [0.25, 0.3) is 0 Å². The van der Waals surface area contributed by atoms with Gasteiger partial charge >= 0.3 is 0 Å². The number of piperidine rings is 1. The molecule has 4 aliphatic rings. The van der Waals surface area contributed by atoms with Crippen LogP contribution in [0.2, 0.25) is 0 Å². The van der Waals surface area contributed by atoms with Crippen LogP contribution in [-0.2, 0) is 16.1 Å². The van der Waals surface area contributed by atoms with Crippen molar-refractivity contribution in [3.63, 3.8) is 0 Å². The number of amides is 3. The summed E-state index contributed by atoms with van der Waals surface area (Å²) >= 11 is 0. The summed E-state index contributed by atoms with van der Waals surface area (Å²) in [5, 5.41) is 5.71. The number of benzene rings is 1. The molecule has 0 spiro atoms. The summed E-state index contributed by atoms with van der Waals surface area (Å²) in [6, 6.07) is 3.50. The quantitative estimate of drug-likeness (QED) is 0.656. The molecule has 1 unspecified atom stereocenters. The SMILES string of the molecule is Cl.O=C1CCC(N2Cc3c(ccc4c3OC[C@@H]3CNCCN43)C2=O)C(=O)N1. The standard InChI is InChI=1S/C18H20N4O4.ClH/c23-15-4-3-14(17(24)20-15)22-8-12-11(18(22)25)1-2-13-16(12)26-9-10-7-19-5-6-21(10)13;/h1-2,10,14,19H,3-9H2,(H,20,23,24);1H/t10-,14?;/m0./s1. The van der Waals surface area contributed by atoms with Crippen LogP contribution in [0.3, 0.4) is 0 Å². The molecule has 2 fully saturated rings. The molecule has 1 aromatic carbocycles. The van der Waals surface area contributed by atoms with Crippen molar-refractivity contribution in [1.29, 1.82) is 0 Å². The normalized spacial score (nSPS) is 26.4. The molecule has 4 heterocycles. The average Bonchev–Trinajstić information content (AvgIpc) is 2.98. The molecule has 3 amide bonds. The molecule has 0 saturated carbocycles. The van der Waals surface area contributed by atoms with Crippen molar-refractivity contribution in [3.05, 3.63) is 23.3 Å². The first-order valence-electron chi connectivity index (χ1n) is 9.04. The molecule has 0 bridgehead atoms. The number of fused-ring (bicyclic) bond motifs is 5. The summed E-state index contributed by atoms with van der Waals surface area (Å²) in [7, 11) is 0. The van der Waals surface area contributed by atoms with E-state index in [1.807, 2.05) is 12.1 Å². The van der Waals surface area contributed by atoms with Crippen LogP contribution in [0.1, 0.15) is 28.8 Å². The van der Waals surface area contributed by atoms with Crippen LogP contribution in [0.4, 0.5) is 5.69 Å². The Balaban J connectivity index is 0.00000180. The van der Waals surface area contributed by atoms with Gasteiger partial charge in [0.2, 0.25) is 11.8 Å². The molecule has 2 N–H and O–H groups in total. The van der Waals surface area contributed by atoms with Crippen molar-refractivity contribution in [2.75, 3.05) is 31.1 Å². The van der Waals surface area contributed by atoms with E-state index >= 15 is 0 Å². The minimum absolute atomic E-state index is 0. The fourth-order valence-electron chi connectivity index (χ4n) is 4.39. The molecule has 5 rings (SSSR count). The maximum absolute atomic E-state index is 12.9. The van der Waals surface area contributed by atoms with E-state index < -0.39 is 6.04 Å². The number of carbonyl (C=O) groups is 3. The molecule has 0 aliphatic carbocycles. The summed E-state index contributed by atoms with van der Waals surface area (Å²) in [5.41, 5.74) is 2.48. The molecule has 0 radical (unpaired) electrons. The van der Waals surface area contributed by atoms with Crippen LogP contribution in [0.15, 0.2) is 12.1 Å². The van der Waals surface area contributed by atoms with Gasteiger partial charge in [0.05, 0.1) is 18.3 Å². The number of nitrogens with one attached hydrogen (secondary N) is 2. The molecule has 2 saturated heterocycles. The third-order valence-corrected chi connectivity index (χ3v) is 5.73. The first-order valence-corrected chi connectivity index (χ1v) is 9.04. The van der Waals surface area contributed by atoms with Crippen LogP contribution in [0.5, 0.6) is 5.75 Å². The number of halogens is 1. The maximum atomic E-state index is 12.9. The van der Waals surface area contributed by atoms with E-state index in [1.165, 1.54) is 0 Å². The van der Waals surface area contributed by atoms with E-state index in [-0.39, 0.29) is 36.5 Å². The summed E-state index contributed by atoms with van der Waals surface area (Å²) < 4.78 is 6.05. The Labute approximate surface area is 162 Å². The summed E-state index contributed by atoms with van der Waals surface area (Å²) in [4.78, 5) is 40.4. The second kappa shape index (κ2) is 6.69. The number of hydrogen-bond donors (Lipinski definition) is 2. The van der Waals surface area contributed by atoms with Gasteiger partial charge in [0, 0.05) is 37.2 Å². The molecule has 2 atom stereocenters. The van der Waals surface area contributed by atoms with E-state index in [2.05, 4.69) is 15.5 Å². The Kier molecular flexibility index (Phi) is 4.47. The Morgan fingerprint density at radius 3 is 2.81 bits per heavy atom. The second-order valence-corrected chi connectivity index (χ2v) is 7.20. The first-order chi connectivity index (χ1) is 12.6. The van der Waals surface area contributed by atoms with Crippen LogP contribution < -0.4 is 20.3 Å². The zero-order valence-corrected chi connectivity index (χ0v) is 15.5. The second-order valence-electron chi connectivity index (χ2n) is 7.20. The summed E-state index contributed by atoms with van der Waals surface area (Å²) in [6.07, 6.45) is 0.626. The molecule has 144 valence electrons. The third-order valence-electron chi connectivity index (χ3n) is 5.73. The van der Waals surface area contributed by atoms with Crippen molar-refractivity contribution < 1.29 is 19.1 Å². The van der Waals surface area contributed by atoms with Crippen LogP contribution in [-0.4, -0.2) is 60.9 Å². The average molecular weight is 393 g/mol. The van der Waals surface area contributed by atoms with E-state index in [1.54, 1.807) is 4.90 Å². The zero-order valence-electron chi connectivity index (χ0n) is 14.7. The highest BCUT2D eigenvalue weighted by molar-refractivity contribution is 6.06. The fourth-order valence-corrected chi connectivity index (χ4v) is 4.39. The Bertz CT molecular complexity index is 830. The topological polar surface area (TPSA) is 91.0 Å². The summed E-state index contributed by atoms with van der Waals surface area (Å²) in [6.45, 7) is 3.65. The van der Waals surface area contributed by atoms with Gasteiger partial charge in [0.1, 0.15) is 18.4 Å². The molecule has 27 heavy (non-hydrogen) atoms. The number of imide groups is 1. The Morgan fingerprint density at radius 1 is 1.15 bits per heavy atom. The first kappa shape index (κ1) is 18.1. The molecule has 9 heteroatoms. The minimum atomic E-state index is -0.598. The summed E-state index contributed by atoms with van der Waals surface area (Å²) in [5.74, 6) is -0.0626. The number of anilines is 1. The van der Waals surface area contributed by atoms with E-state index in [0.29, 0.717) is 31.2 Å². The van der Waals surface area contributed by atoms with Crippen LogP contribution >= 0.6 is 12.4 Å². The molecule has 1 aromatic rings. The smallest absolute Gasteiger partial charge is 0.255 e. The van der Waals surface area contributed by atoms with Gasteiger partial charge < -0.3 is 19.9 Å². The van der Waals surface area contributed by atoms with Crippen molar-refractivity contribution in [2.45, 2.75) is 31.5 Å². The highest BCUT2D eigenvalue weighted by Crippen LogP contribution is 2.43. The van der Waals surface area contributed by atoms with Crippen molar-refractivity contribution >= 4 is 35.8 Å². The lowest BCUT2D eigenvalue weighted by Crippen LogP contribution is -2.55. The van der Waals surface area contributed by atoms with Crippen molar-refractivity contribution in [3.8, 4) is 5.75 Å². The lowest BCUT2D eigenvalue weighted by molar-refractivity contribution is -0.136. The van der Waals surface area contributed by atoms with Gasteiger partial charge in [-0.2, -0.15) is 0 Å². The van der Waals surface area contributed by atoms with Gasteiger partial charge in [-0.3, -0.25) is 19.7 Å². The third kappa shape index (κ3) is 2.74. The Hall–Kier alpha value is -2.32. The number of carbonyl (C=O) groups excluding carboxylic acids is 3. The highest BCUT2D eigenvalue weighted by atomic mass is 35.5. The van der Waals surface area contributed by atoms with Gasteiger partial charge in [-0.25, -0.2) is 0 Å². The lowest BCUT2D eigenvalue weighted by Gasteiger charge is -2.42. The molecular weight excluding hydrogens is 372 g/mol. The van der Waals surface area contributed by atoms with Gasteiger partial charge in [-0.15, -0.1) is 12.4 Å². The zero-order chi connectivity index (χ0) is 17.8. The monoisotopic (exact) mass is 392 g/mol. The number of ether oxygens (including phenoxy) is 1. The van der Waals surface area contributed by atoms with Gasteiger partial charge in [-0.05, 0) is 18.6 Å². The molecule has 4 aliphatic heterocycles. The largest absolute Gasteiger partial charge is 0.489 e. The van der Waals surface area contributed by atoms with E-state index in [9.17, 15) is 14.4 Å². The Morgan fingerprint density at radius 2 is 2.00 bits per heavy atom.